The van der Waals surface area contributed by atoms with Crippen LogP contribution in [0.25, 0.3) is 0 Å². The van der Waals surface area contributed by atoms with Gasteiger partial charge in [0.25, 0.3) is 0 Å². The number of nitrogens with two attached hydrogens (primary N) is 1. The molecule has 0 radical (unpaired) electrons. The van der Waals surface area contributed by atoms with Crippen LogP contribution in [0.5, 0.6) is 0 Å². The molecule has 2 aromatic rings. The van der Waals surface area contributed by atoms with Crippen molar-refractivity contribution < 1.29 is 9.21 Å². The van der Waals surface area contributed by atoms with Crippen molar-refractivity contribution in [3.63, 3.8) is 0 Å². The largest absolute Gasteiger partial charge is 0.468 e. The molecule has 0 saturated carbocycles. The zero-order valence-electron chi connectivity index (χ0n) is 16.8. The van der Waals surface area contributed by atoms with E-state index in [0.29, 0.717) is 24.6 Å². The lowest BCUT2D eigenvalue weighted by atomic mass is 10.1. The molecule has 0 spiro atoms. The van der Waals surface area contributed by atoms with Crippen LogP contribution in [0, 0.1) is 0 Å². The number of furan rings is 1. The molecule has 1 aromatic heterocycles. The van der Waals surface area contributed by atoms with Crippen LogP contribution in [-0.2, 0) is 6.54 Å². The third-order valence-corrected chi connectivity index (χ3v) is 5.06. The lowest BCUT2D eigenvalue weighted by Gasteiger charge is -2.33. The minimum Gasteiger partial charge on any atom is -0.468 e. The number of likely N-dealkylation sites (tertiary alicyclic amines) is 1. The van der Waals surface area contributed by atoms with Gasteiger partial charge in [0.05, 0.1) is 12.3 Å². The van der Waals surface area contributed by atoms with E-state index in [0.717, 1.165) is 24.4 Å². The monoisotopic (exact) mass is 511 g/mol. The first-order valence-electron chi connectivity index (χ1n) is 9.78. The molecule has 3 rings (SSSR count). The Balaban J connectivity index is 0.00000300. The van der Waals surface area contributed by atoms with Gasteiger partial charge in [-0.3, -0.25) is 14.7 Å². The zero-order chi connectivity index (χ0) is 19.8. The second-order valence-corrected chi connectivity index (χ2v) is 7.00. The number of nitrogens with zero attached hydrogens (tertiary/aromatic N) is 2. The molecule has 1 saturated heterocycles. The SMILES string of the molecule is CN=C(NCc1cccc(C(N)=O)c1)NCC(c1ccco1)N1CCCCC1.I. The predicted octanol–water partition coefficient (Wildman–Crippen LogP) is 2.89. The summed E-state index contributed by atoms with van der Waals surface area (Å²) in [6, 6.07) is 11.4. The van der Waals surface area contributed by atoms with Gasteiger partial charge in [-0.25, -0.2) is 0 Å². The molecule has 0 bridgehead atoms. The van der Waals surface area contributed by atoms with Gasteiger partial charge >= 0.3 is 0 Å². The summed E-state index contributed by atoms with van der Waals surface area (Å²) in [5.74, 6) is 1.25. The number of amides is 1. The Morgan fingerprint density at radius 3 is 2.66 bits per heavy atom. The van der Waals surface area contributed by atoms with E-state index in [1.165, 1.54) is 19.3 Å². The van der Waals surface area contributed by atoms with Gasteiger partial charge in [-0.05, 0) is 55.8 Å². The Kier molecular flexibility index (Phi) is 9.46. The van der Waals surface area contributed by atoms with Crippen LogP contribution in [0.4, 0.5) is 0 Å². The van der Waals surface area contributed by atoms with Crippen LogP contribution in [0.15, 0.2) is 52.1 Å². The highest BCUT2D eigenvalue weighted by molar-refractivity contribution is 14.0. The molecule has 1 aliphatic rings. The van der Waals surface area contributed by atoms with Crippen molar-refractivity contribution in [3.05, 3.63) is 59.5 Å². The molecular formula is C21H30IN5O2. The number of benzene rings is 1. The van der Waals surface area contributed by atoms with Gasteiger partial charge in [-0.1, -0.05) is 18.6 Å². The number of halogens is 1. The molecule has 0 aliphatic carbocycles. The number of guanidine groups is 1. The van der Waals surface area contributed by atoms with Crippen LogP contribution >= 0.6 is 24.0 Å². The smallest absolute Gasteiger partial charge is 0.248 e. The molecule has 1 atom stereocenters. The number of nitrogens with one attached hydrogen (secondary N) is 2. The van der Waals surface area contributed by atoms with Crippen molar-refractivity contribution in [2.75, 3.05) is 26.7 Å². The standard InChI is InChI=1S/C21H29N5O2.HI/c1-23-21(24-14-16-7-5-8-17(13-16)20(22)27)25-15-18(19-9-6-12-28-19)26-10-3-2-4-11-26;/h5-9,12-13,18H,2-4,10-11,14-15H2,1H3,(H2,22,27)(H2,23,24,25);1H. The van der Waals surface area contributed by atoms with E-state index in [4.69, 9.17) is 10.2 Å². The third-order valence-electron chi connectivity index (χ3n) is 5.06. The summed E-state index contributed by atoms with van der Waals surface area (Å²) in [4.78, 5) is 18.1. The van der Waals surface area contributed by atoms with Crippen molar-refractivity contribution in [2.24, 2.45) is 10.7 Å². The van der Waals surface area contributed by atoms with E-state index in [1.54, 1.807) is 25.4 Å². The Labute approximate surface area is 189 Å². The molecule has 2 heterocycles. The summed E-state index contributed by atoms with van der Waals surface area (Å²) >= 11 is 0. The Hall–Kier alpha value is -2.07. The van der Waals surface area contributed by atoms with E-state index in [2.05, 4.69) is 20.5 Å². The number of hydrogen-bond acceptors (Lipinski definition) is 4. The normalized spacial score (nSPS) is 16.0. The van der Waals surface area contributed by atoms with Crippen LogP contribution in [0.1, 0.15) is 47.0 Å². The number of carbonyl (C=O) groups is 1. The Morgan fingerprint density at radius 1 is 1.21 bits per heavy atom. The van der Waals surface area contributed by atoms with Crippen molar-refractivity contribution in [1.29, 1.82) is 0 Å². The van der Waals surface area contributed by atoms with E-state index in [9.17, 15) is 4.79 Å². The maximum Gasteiger partial charge on any atom is 0.248 e. The highest BCUT2D eigenvalue weighted by Crippen LogP contribution is 2.24. The van der Waals surface area contributed by atoms with Crippen LogP contribution in [-0.4, -0.2) is 43.4 Å². The van der Waals surface area contributed by atoms with Crippen LogP contribution < -0.4 is 16.4 Å². The van der Waals surface area contributed by atoms with Crippen molar-refractivity contribution in [3.8, 4) is 0 Å². The van der Waals surface area contributed by atoms with Gasteiger partial charge < -0.3 is 20.8 Å². The number of primary amides is 1. The van der Waals surface area contributed by atoms with Gasteiger partial charge in [0.2, 0.25) is 5.91 Å². The molecule has 29 heavy (non-hydrogen) atoms. The first-order valence-corrected chi connectivity index (χ1v) is 9.78. The summed E-state index contributed by atoms with van der Waals surface area (Å²) in [6.07, 6.45) is 5.47. The van der Waals surface area contributed by atoms with Crippen molar-refractivity contribution >= 4 is 35.8 Å². The molecule has 1 aromatic carbocycles. The summed E-state index contributed by atoms with van der Waals surface area (Å²) in [6.45, 7) is 3.42. The second-order valence-electron chi connectivity index (χ2n) is 7.00. The molecule has 1 fully saturated rings. The van der Waals surface area contributed by atoms with E-state index in [-0.39, 0.29) is 30.0 Å². The van der Waals surface area contributed by atoms with Gasteiger partial charge in [0, 0.05) is 25.7 Å². The average molecular weight is 511 g/mol. The Morgan fingerprint density at radius 2 is 2.00 bits per heavy atom. The van der Waals surface area contributed by atoms with E-state index < -0.39 is 5.91 Å². The van der Waals surface area contributed by atoms with Gasteiger partial charge in [-0.2, -0.15) is 0 Å². The zero-order valence-corrected chi connectivity index (χ0v) is 19.1. The number of aliphatic imine (C=N–C) groups is 1. The minimum atomic E-state index is -0.424. The van der Waals surface area contributed by atoms with Crippen LogP contribution in [0.3, 0.4) is 0 Å². The topological polar surface area (TPSA) is 95.9 Å². The van der Waals surface area contributed by atoms with Crippen molar-refractivity contribution in [2.45, 2.75) is 31.8 Å². The van der Waals surface area contributed by atoms with E-state index >= 15 is 0 Å². The molecule has 1 unspecified atom stereocenters. The average Bonchev–Trinajstić information content (AvgIpc) is 3.26. The predicted molar refractivity (Wildman–Crippen MR) is 125 cm³/mol. The van der Waals surface area contributed by atoms with Crippen molar-refractivity contribution in [1.82, 2.24) is 15.5 Å². The van der Waals surface area contributed by atoms with E-state index in [1.807, 2.05) is 24.3 Å². The lowest BCUT2D eigenvalue weighted by Crippen LogP contribution is -2.44. The van der Waals surface area contributed by atoms with Crippen LogP contribution in [0.2, 0.25) is 0 Å². The molecule has 158 valence electrons. The summed E-state index contributed by atoms with van der Waals surface area (Å²) in [7, 11) is 1.75. The summed E-state index contributed by atoms with van der Waals surface area (Å²) in [5, 5.41) is 6.70. The summed E-state index contributed by atoms with van der Waals surface area (Å²) < 4.78 is 5.69. The quantitative estimate of drug-likeness (QED) is 0.302. The number of piperidine rings is 1. The maximum atomic E-state index is 11.3. The van der Waals surface area contributed by atoms with Gasteiger partial charge in [-0.15, -0.1) is 24.0 Å². The lowest BCUT2D eigenvalue weighted by molar-refractivity contribution is 0.1000. The molecule has 7 nitrogen and oxygen atoms in total. The third kappa shape index (κ3) is 6.74. The molecule has 1 aliphatic heterocycles. The first-order chi connectivity index (χ1) is 13.7. The first kappa shape index (κ1) is 23.2. The number of carbonyl (C=O) groups excluding carboxylic acids is 1. The maximum absolute atomic E-state index is 11.3. The second kappa shape index (κ2) is 11.8. The number of hydrogen-bond donors (Lipinski definition) is 3. The van der Waals surface area contributed by atoms with Gasteiger partial charge in [0.15, 0.2) is 5.96 Å². The number of rotatable bonds is 7. The summed E-state index contributed by atoms with van der Waals surface area (Å²) in [5.41, 5.74) is 6.83. The minimum absolute atomic E-state index is 0. The fourth-order valence-electron chi connectivity index (χ4n) is 3.55. The highest BCUT2D eigenvalue weighted by Gasteiger charge is 2.24. The molecule has 1 amide bonds. The molecule has 8 heteroatoms. The molecule has 4 N–H and O–H groups in total. The highest BCUT2D eigenvalue weighted by atomic mass is 127. The fraction of sp³-hybridized carbons (Fsp3) is 0.429. The van der Waals surface area contributed by atoms with Gasteiger partial charge in [0.1, 0.15) is 5.76 Å². The fourth-order valence-corrected chi connectivity index (χ4v) is 3.55. The Bertz CT molecular complexity index is 788. The molecular weight excluding hydrogens is 481 g/mol.